The van der Waals surface area contributed by atoms with Gasteiger partial charge in [0.2, 0.25) is 0 Å². The van der Waals surface area contributed by atoms with Crippen molar-refractivity contribution in [2.24, 2.45) is 20.5 Å². The third-order valence-electron chi connectivity index (χ3n) is 9.54. The molecule has 4 aromatic carbocycles. The van der Waals surface area contributed by atoms with Gasteiger partial charge in [0.15, 0.2) is 10.2 Å². The molecule has 4 rings (SSSR count). The standard InChI is InChI=1S/C42H54N10S4/c1-9-31(45-51-41(5,6)29-17-13-11-14-18-29)25-43-39(55)49-47-37(53)33-21-22-34(36-24-28(4)27(3)23-35(33)36)38(54)48-50-40(56)44-26-32(10-2)46-52-42(7,8)30-19-15-12-16-20-30/h11-24,31-32H,9-10,25-26H2,1-8H3,(H,47,53)(H,48,54)(H2,43,49,55)(H2,44,50,56). The van der Waals surface area contributed by atoms with Gasteiger partial charge in [-0.3, -0.25) is 21.7 Å². The summed E-state index contributed by atoms with van der Waals surface area (Å²) in [5.41, 5.74) is 17.6. The minimum atomic E-state index is -0.427. The normalized spacial score (nSPS) is 12.9. The number of hydrogen-bond donors (Lipinski definition) is 6. The smallest absolute Gasteiger partial charge is 0.185 e. The molecule has 0 heterocycles. The van der Waals surface area contributed by atoms with Gasteiger partial charge in [0, 0.05) is 24.2 Å². The maximum atomic E-state index is 5.85. The van der Waals surface area contributed by atoms with Gasteiger partial charge in [-0.1, -0.05) is 123 Å². The van der Waals surface area contributed by atoms with E-state index in [0.29, 0.717) is 33.3 Å². The van der Waals surface area contributed by atoms with Gasteiger partial charge in [0.1, 0.15) is 21.1 Å². The van der Waals surface area contributed by atoms with Crippen LogP contribution in [0.4, 0.5) is 0 Å². The predicted octanol–water partition coefficient (Wildman–Crippen LogP) is 9.08. The molecular weight excluding hydrogens is 773 g/mol. The van der Waals surface area contributed by atoms with Crippen LogP contribution in [0.15, 0.2) is 105 Å². The van der Waals surface area contributed by atoms with E-state index in [1.54, 1.807) is 0 Å². The molecule has 0 radical (unpaired) electrons. The molecule has 296 valence electrons. The molecule has 0 bridgehead atoms. The number of rotatable bonds is 14. The highest BCUT2D eigenvalue weighted by atomic mass is 32.1. The zero-order valence-corrected chi connectivity index (χ0v) is 36.8. The molecule has 0 aliphatic rings. The molecule has 14 heteroatoms. The van der Waals surface area contributed by atoms with Gasteiger partial charge >= 0.3 is 0 Å². The number of nitrogens with zero attached hydrogens (tertiary/aromatic N) is 4. The molecule has 2 atom stereocenters. The van der Waals surface area contributed by atoms with Crippen LogP contribution < -0.4 is 32.3 Å². The maximum Gasteiger partial charge on any atom is 0.185 e. The lowest BCUT2D eigenvalue weighted by molar-refractivity contribution is 0.479. The molecule has 4 aromatic rings. The Balaban J connectivity index is 1.33. The Hall–Kier alpha value is -4.50. The van der Waals surface area contributed by atoms with Crippen LogP contribution in [-0.2, 0) is 11.1 Å². The molecule has 0 saturated carbocycles. The van der Waals surface area contributed by atoms with Crippen LogP contribution in [0.2, 0.25) is 0 Å². The molecular formula is C42H54N10S4. The van der Waals surface area contributed by atoms with Crippen LogP contribution in [0.3, 0.4) is 0 Å². The Bertz CT molecular complexity index is 1900. The quantitative estimate of drug-likeness (QED) is 0.0418. The third-order valence-corrected chi connectivity index (χ3v) is 10.7. The highest BCUT2D eigenvalue weighted by Crippen LogP contribution is 2.28. The monoisotopic (exact) mass is 826 g/mol. The molecule has 0 saturated heterocycles. The summed E-state index contributed by atoms with van der Waals surface area (Å²) in [7, 11) is 0. The van der Waals surface area contributed by atoms with Gasteiger partial charge in [0.05, 0.1) is 12.1 Å². The number of hydrogen-bond acceptors (Lipinski definition) is 8. The predicted molar refractivity (Wildman–Crippen MR) is 247 cm³/mol. The van der Waals surface area contributed by atoms with E-state index in [9.17, 15) is 0 Å². The van der Waals surface area contributed by atoms with Crippen LogP contribution in [0.1, 0.15) is 87.8 Å². The third kappa shape index (κ3) is 12.5. The van der Waals surface area contributed by atoms with E-state index in [1.165, 1.54) is 0 Å². The summed E-state index contributed by atoms with van der Waals surface area (Å²) in [5, 5.41) is 27.8. The Labute approximate surface area is 353 Å². The Morgan fingerprint density at radius 2 is 0.911 bits per heavy atom. The van der Waals surface area contributed by atoms with Crippen molar-refractivity contribution in [3.05, 3.63) is 118 Å². The second kappa shape index (κ2) is 20.6. The average Bonchev–Trinajstić information content (AvgIpc) is 3.19. The van der Waals surface area contributed by atoms with E-state index in [1.807, 2.05) is 48.5 Å². The topological polar surface area (TPSA) is 122 Å². The molecule has 0 aliphatic heterocycles. The molecule has 2 unspecified atom stereocenters. The highest BCUT2D eigenvalue weighted by molar-refractivity contribution is 7.81. The number of aryl methyl sites for hydroxylation is 2. The molecule has 56 heavy (non-hydrogen) atoms. The zero-order chi connectivity index (χ0) is 40.9. The largest absolute Gasteiger partial charge is 0.359 e. The first-order valence-corrected chi connectivity index (χ1v) is 20.5. The lowest BCUT2D eigenvalue weighted by atomic mass is 9.95. The molecule has 0 aromatic heterocycles. The van der Waals surface area contributed by atoms with Crippen molar-refractivity contribution in [2.45, 2.75) is 91.4 Å². The van der Waals surface area contributed by atoms with Crippen LogP contribution in [0.25, 0.3) is 10.8 Å². The number of benzene rings is 4. The van der Waals surface area contributed by atoms with Crippen molar-refractivity contribution in [2.75, 3.05) is 13.1 Å². The summed E-state index contributed by atoms with van der Waals surface area (Å²) < 4.78 is 0. The second-order valence-corrected chi connectivity index (χ2v) is 16.3. The summed E-state index contributed by atoms with van der Waals surface area (Å²) in [6, 6.07) is 28.4. The fourth-order valence-corrected chi connectivity index (χ4v) is 6.40. The number of azo groups is 2. The van der Waals surface area contributed by atoms with Crippen molar-refractivity contribution >= 4 is 79.8 Å². The van der Waals surface area contributed by atoms with Gasteiger partial charge < -0.3 is 10.6 Å². The fraction of sp³-hybridized carbons (Fsp3) is 0.381. The van der Waals surface area contributed by atoms with E-state index in [0.717, 1.165) is 57.0 Å². The fourth-order valence-electron chi connectivity index (χ4n) is 5.67. The minimum Gasteiger partial charge on any atom is -0.359 e. The lowest BCUT2D eigenvalue weighted by Crippen LogP contribution is -2.48. The van der Waals surface area contributed by atoms with E-state index in [-0.39, 0.29) is 12.1 Å². The number of nitrogens with one attached hydrogen (secondary N) is 6. The van der Waals surface area contributed by atoms with Crippen molar-refractivity contribution < 1.29 is 0 Å². The Morgan fingerprint density at radius 1 is 0.554 bits per heavy atom. The highest BCUT2D eigenvalue weighted by Gasteiger charge is 2.21. The summed E-state index contributed by atoms with van der Waals surface area (Å²) in [6.07, 6.45) is 1.61. The Kier molecular flexibility index (Phi) is 16.3. The van der Waals surface area contributed by atoms with Gasteiger partial charge in [-0.2, -0.15) is 20.5 Å². The molecule has 0 spiro atoms. The average molecular weight is 827 g/mol. The molecule has 0 fully saturated rings. The van der Waals surface area contributed by atoms with Gasteiger partial charge in [-0.25, -0.2) is 0 Å². The first-order chi connectivity index (χ1) is 26.6. The SMILES string of the molecule is CCC(CNC(=S)NNC(=S)c1ccc(C(=S)NNC(=S)NCC(CC)N=NC(C)(C)c2ccccc2)c2cc(C)c(C)cc12)N=NC(C)(C)c1ccccc1. The maximum absolute atomic E-state index is 5.85. The van der Waals surface area contributed by atoms with Crippen LogP contribution in [0.5, 0.6) is 0 Å². The molecule has 0 aliphatic carbocycles. The second-order valence-electron chi connectivity index (χ2n) is 14.6. The van der Waals surface area contributed by atoms with Crippen molar-refractivity contribution in [3.8, 4) is 0 Å². The number of hydrazine groups is 2. The van der Waals surface area contributed by atoms with Crippen LogP contribution >= 0.6 is 48.9 Å². The Morgan fingerprint density at radius 3 is 1.25 bits per heavy atom. The summed E-state index contributed by atoms with van der Waals surface area (Å²) >= 11 is 22.9. The van der Waals surface area contributed by atoms with Crippen LogP contribution in [0, 0.1) is 13.8 Å². The van der Waals surface area contributed by atoms with Crippen molar-refractivity contribution in [1.29, 1.82) is 0 Å². The zero-order valence-electron chi connectivity index (χ0n) is 33.5. The van der Waals surface area contributed by atoms with E-state index in [2.05, 4.69) is 145 Å². The van der Waals surface area contributed by atoms with Gasteiger partial charge in [0.25, 0.3) is 0 Å². The summed E-state index contributed by atoms with van der Waals surface area (Å²) in [5.74, 6) is 0. The van der Waals surface area contributed by atoms with Crippen molar-refractivity contribution in [3.63, 3.8) is 0 Å². The first kappa shape index (κ1) is 44.2. The number of fused-ring (bicyclic) bond motifs is 1. The minimum absolute atomic E-state index is 0.0491. The lowest BCUT2D eigenvalue weighted by Gasteiger charge is -2.21. The molecule has 10 nitrogen and oxygen atoms in total. The summed E-state index contributed by atoms with van der Waals surface area (Å²) in [6.45, 7) is 17.6. The van der Waals surface area contributed by atoms with E-state index in [4.69, 9.17) is 48.9 Å². The van der Waals surface area contributed by atoms with Gasteiger partial charge in [-0.05, 0) is 112 Å². The molecule has 0 amide bonds. The van der Waals surface area contributed by atoms with Crippen LogP contribution in [-0.4, -0.2) is 45.4 Å². The first-order valence-electron chi connectivity index (χ1n) is 18.8. The van der Waals surface area contributed by atoms with E-state index >= 15 is 0 Å². The van der Waals surface area contributed by atoms with Crippen molar-refractivity contribution in [1.82, 2.24) is 32.3 Å². The summed E-state index contributed by atoms with van der Waals surface area (Å²) in [4.78, 5) is 0.977. The number of thiocarbonyl (C=S) groups is 4. The molecule has 6 N–H and O–H groups in total. The van der Waals surface area contributed by atoms with Gasteiger partial charge in [-0.15, -0.1) is 0 Å². The van der Waals surface area contributed by atoms with E-state index < -0.39 is 11.1 Å².